The number of nitrogens with zero attached hydrogens (tertiary/aromatic N) is 2. The lowest BCUT2D eigenvalue weighted by Crippen LogP contribution is -1.76. The summed E-state index contributed by atoms with van der Waals surface area (Å²) in [6.45, 7) is 0. The van der Waals surface area contributed by atoms with Gasteiger partial charge in [0.2, 0.25) is 0 Å². The highest BCUT2D eigenvalue weighted by atomic mass is 16.3. The molecule has 3 heterocycles. The van der Waals surface area contributed by atoms with E-state index in [1.807, 2.05) is 36.4 Å². The highest BCUT2D eigenvalue weighted by Gasteiger charge is 2.06. The fourth-order valence-electron chi connectivity index (χ4n) is 1.50. The molecule has 3 aromatic rings. The van der Waals surface area contributed by atoms with Crippen LogP contribution >= 0.6 is 0 Å². The summed E-state index contributed by atoms with van der Waals surface area (Å²) in [5.41, 5.74) is 2.48. The molecule has 0 fully saturated rings. The van der Waals surface area contributed by atoms with Crippen LogP contribution in [0.25, 0.3) is 22.6 Å². The minimum Gasteiger partial charge on any atom is -0.453 e. The predicted molar refractivity (Wildman–Crippen MR) is 57.2 cm³/mol. The molecule has 0 radical (unpaired) electrons. The lowest BCUT2D eigenvalue weighted by Gasteiger charge is -1.92. The zero-order valence-electron chi connectivity index (χ0n) is 7.92. The Morgan fingerprint density at radius 1 is 0.933 bits per heavy atom. The van der Waals surface area contributed by atoms with Crippen molar-refractivity contribution in [1.82, 2.24) is 9.97 Å². The van der Waals surface area contributed by atoms with Crippen molar-refractivity contribution in [2.24, 2.45) is 0 Å². The molecular formula is C12H8N2O. The molecule has 3 heteroatoms. The van der Waals surface area contributed by atoms with Gasteiger partial charge in [-0.2, -0.15) is 0 Å². The van der Waals surface area contributed by atoms with E-state index in [2.05, 4.69) is 9.97 Å². The molecule has 0 aliphatic heterocycles. The van der Waals surface area contributed by atoms with Crippen LogP contribution in [0, 0.1) is 0 Å². The van der Waals surface area contributed by atoms with Gasteiger partial charge < -0.3 is 4.42 Å². The molecule has 3 aromatic heterocycles. The SMILES string of the molecule is c1ccc(-c2cc3ncccc3o2)nc1. The van der Waals surface area contributed by atoms with Crippen molar-refractivity contribution in [3.8, 4) is 11.5 Å². The maximum Gasteiger partial charge on any atom is 0.155 e. The van der Waals surface area contributed by atoms with E-state index in [9.17, 15) is 0 Å². The van der Waals surface area contributed by atoms with E-state index in [1.165, 1.54) is 0 Å². The average molecular weight is 196 g/mol. The zero-order chi connectivity index (χ0) is 10.1. The zero-order valence-corrected chi connectivity index (χ0v) is 7.92. The summed E-state index contributed by atoms with van der Waals surface area (Å²) in [6.07, 6.45) is 3.50. The van der Waals surface area contributed by atoms with Crippen molar-refractivity contribution in [3.05, 3.63) is 48.8 Å². The molecule has 72 valence electrons. The van der Waals surface area contributed by atoms with Gasteiger partial charge in [0, 0.05) is 18.5 Å². The van der Waals surface area contributed by atoms with Gasteiger partial charge in [-0.25, -0.2) is 0 Å². The Bertz CT molecular complexity index is 554. The fourth-order valence-corrected chi connectivity index (χ4v) is 1.50. The normalized spacial score (nSPS) is 10.7. The van der Waals surface area contributed by atoms with Crippen molar-refractivity contribution < 1.29 is 4.42 Å². The molecule has 0 saturated heterocycles. The van der Waals surface area contributed by atoms with Crippen molar-refractivity contribution in [2.45, 2.75) is 0 Å². The monoisotopic (exact) mass is 196 g/mol. The first kappa shape index (κ1) is 8.17. The molecule has 0 aliphatic rings. The molecule has 0 aromatic carbocycles. The van der Waals surface area contributed by atoms with Gasteiger partial charge in [0.05, 0.1) is 0 Å². The Labute approximate surface area is 86.4 Å². The molecule has 0 aliphatic carbocycles. The van der Waals surface area contributed by atoms with E-state index in [0.717, 1.165) is 22.6 Å². The Balaban J connectivity index is 2.21. The molecule has 0 bridgehead atoms. The van der Waals surface area contributed by atoms with Gasteiger partial charge in [-0.1, -0.05) is 6.07 Å². The maximum absolute atomic E-state index is 5.63. The van der Waals surface area contributed by atoms with Crippen LogP contribution in [-0.4, -0.2) is 9.97 Å². The summed E-state index contributed by atoms with van der Waals surface area (Å²) in [6, 6.07) is 11.4. The van der Waals surface area contributed by atoms with E-state index in [1.54, 1.807) is 12.4 Å². The van der Waals surface area contributed by atoms with Gasteiger partial charge in [-0.05, 0) is 24.3 Å². The number of aromatic nitrogens is 2. The smallest absolute Gasteiger partial charge is 0.155 e. The second kappa shape index (κ2) is 3.20. The topological polar surface area (TPSA) is 38.9 Å². The van der Waals surface area contributed by atoms with Crippen LogP contribution in [0.3, 0.4) is 0 Å². The predicted octanol–water partition coefficient (Wildman–Crippen LogP) is 2.89. The summed E-state index contributed by atoms with van der Waals surface area (Å²) < 4.78 is 5.63. The van der Waals surface area contributed by atoms with Crippen LogP contribution in [0.2, 0.25) is 0 Å². The van der Waals surface area contributed by atoms with Crippen molar-refractivity contribution in [1.29, 1.82) is 0 Å². The van der Waals surface area contributed by atoms with Crippen LogP contribution in [0.5, 0.6) is 0 Å². The number of rotatable bonds is 1. The van der Waals surface area contributed by atoms with Crippen molar-refractivity contribution >= 4 is 11.1 Å². The Hall–Kier alpha value is -2.16. The molecule has 0 spiro atoms. The van der Waals surface area contributed by atoms with Gasteiger partial charge >= 0.3 is 0 Å². The molecule has 0 amide bonds. The Kier molecular flexibility index (Phi) is 1.75. The Morgan fingerprint density at radius 2 is 1.87 bits per heavy atom. The lowest BCUT2D eigenvalue weighted by molar-refractivity contribution is 0.628. The first-order valence-electron chi connectivity index (χ1n) is 4.69. The first-order valence-corrected chi connectivity index (χ1v) is 4.69. The molecule has 0 saturated carbocycles. The average Bonchev–Trinajstić information content (AvgIpc) is 2.74. The van der Waals surface area contributed by atoms with Crippen LogP contribution in [0.15, 0.2) is 53.2 Å². The molecule has 0 unspecified atom stereocenters. The number of furan rings is 1. The number of hydrogen-bond acceptors (Lipinski definition) is 3. The third-order valence-electron chi connectivity index (χ3n) is 2.20. The molecular weight excluding hydrogens is 188 g/mol. The Morgan fingerprint density at radius 3 is 2.67 bits per heavy atom. The van der Waals surface area contributed by atoms with E-state index in [0.29, 0.717) is 0 Å². The molecule has 3 rings (SSSR count). The number of hydrogen-bond donors (Lipinski definition) is 0. The van der Waals surface area contributed by atoms with Crippen LogP contribution < -0.4 is 0 Å². The quantitative estimate of drug-likeness (QED) is 0.600. The van der Waals surface area contributed by atoms with E-state index < -0.39 is 0 Å². The maximum atomic E-state index is 5.63. The van der Waals surface area contributed by atoms with Crippen LogP contribution in [0.1, 0.15) is 0 Å². The van der Waals surface area contributed by atoms with Crippen molar-refractivity contribution in [2.75, 3.05) is 0 Å². The van der Waals surface area contributed by atoms with Gasteiger partial charge in [0.25, 0.3) is 0 Å². The van der Waals surface area contributed by atoms with Gasteiger partial charge in [-0.15, -0.1) is 0 Å². The summed E-state index contributed by atoms with van der Waals surface area (Å²) in [4.78, 5) is 8.43. The fraction of sp³-hybridized carbons (Fsp3) is 0. The standard InChI is InChI=1S/C12H8N2O/c1-2-6-13-9(4-1)12-8-10-11(15-12)5-3-7-14-10/h1-8H. The summed E-state index contributed by atoms with van der Waals surface area (Å²) in [7, 11) is 0. The largest absolute Gasteiger partial charge is 0.453 e. The molecule has 15 heavy (non-hydrogen) atoms. The van der Waals surface area contributed by atoms with Crippen molar-refractivity contribution in [3.63, 3.8) is 0 Å². The summed E-state index contributed by atoms with van der Waals surface area (Å²) in [5.74, 6) is 0.754. The second-order valence-electron chi connectivity index (χ2n) is 3.21. The molecule has 3 nitrogen and oxygen atoms in total. The summed E-state index contributed by atoms with van der Waals surface area (Å²) >= 11 is 0. The number of fused-ring (bicyclic) bond motifs is 1. The highest BCUT2D eigenvalue weighted by molar-refractivity contribution is 5.77. The minimum absolute atomic E-state index is 0.754. The van der Waals surface area contributed by atoms with E-state index >= 15 is 0 Å². The van der Waals surface area contributed by atoms with Gasteiger partial charge in [0.15, 0.2) is 11.3 Å². The van der Waals surface area contributed by atoms with Crippen LogP contribution in [0.4, 0.5) is 0 Å². The van der Waals surface area contributed by atoms with Gasteiger partial charge in [-0.3, -0.25) is 9.97 Å². The van der Waals surface area contributed by atoms with Crippen LogP contribution in [-0.2, 0) is 0 Å². The number of pyridine rings is 2. The third-order valence-corrected chi connectivity index (χ3v) is 2.20. The molecule has 0 atom stereocenters. The first-order chi connectivity index (χ1) is 7.43. The summed E-state index contributed by atoms with van der Waals surface area (Å²) in [5, 5.41) is 0. The van der Waals surface area contributed by atoms with Gasteiger partial charge in [0.1, 0.15) is 11.2 Å². The highest BCUT2D eigenvalue weighted by Crippen LogP contribution is 2.24. The van der Waals surface area contributed by atoms with E-state index in [-0.39, 0.29) is 0 Å². The third kappa shape index (κ3) is 1.38. The lowest BCUT2D eigenvalue weighted by atomic mass is 10.3. The molecule has 0 N–H and O–H groups in total. The van der Waals surface area contributed by atoms with E-state index in [4.69, 9.17) is 4.42 Å². The minimum atomic E-state index is 0.754. The second-order valence-corrected chi connectivity index (χ2v) is 3.21.